The molecule has 0 fully saturated rings. The van der Waals surface area contributed by atoms with Gasteiger partial charge in [0.2, 0.25) is 0 Å². The van der Waals surface area contributed by atoms with E-state index >= 15 is 0 Å². The molecule has 0 saturated heterocycles. The molecule has 9 heteroatoms. The fourth-order valence-corrected chi connectivity index (χ4v) is 7.17. The first-order valence-corrected chi connectivity index (χ1v) is 23.6. The molecule has 0 aliphatic carbocycles. The van der Waals surface area contributed by atoms with Gasteiger partial charge in [-0.25, -0.2) is 0 Å². The molecule has 0 unspecified atom stereocenters. The van der Waals surface area contributed by atoms with Crippen LogP contribution in [0.2, 0.25) is 0 Å². The van der Waals surface area contributed by atoms with Gasteiger partial charge in [0.15, 0.2) is 0 Å². The van der Waals surface area contributed by atoms with Gasteiger partial charge >= 0.3 is 26.2 Å². The summed E-state index contributed by atoms with van der Waals surface area (Å²) < 4.78 is 5.67. The summed E-state index contributed by atoms with van der Waals surface area (Å²) in [7, 11) is 3.75. The fraction of sp³-hybridized carbons (Fsp3) is 0.339. The number of hydrogen-bond donors (Lipinski definition) is 1. The van der Waals surface area contributed by atoms with E-state index in [9.17, 15) is 5.11 Å². The van der Waals surface area contributed by atoms with Gasteiger partial charge in [-0.2, -0.15) is 56.3 Å². The van der Waals surface area contributed by atoms with Crippen molar-refractivity contribution in [2.75, 3.05) is 0 Å². The van der Waals surface area contributed by atoms with Crippen LogP contribution in [-0.4, -0.2) is 35.1 Å². The minimum Gasteiger partial charge on any atom is -0.664 e. The van der Waals surface area contributed by atoms with Gasteiger partial charge in [0, 0.05) is 5.56 Å². The van der Waals surface area contributed by atoms with Crippen molar-refractivity contribution < 1.29 is 36.0 Å². The largest absolute Gasteiger partial charge is 3.00 e. The summed E-state index contributed by atoms with van der Waals surface area (Å²) in [5.74, 6) is 1.02. The number of ether oxygens (including phenoxy) is 1. The Bertz CT molecular complexity index is 2720. The Labute approximate surface area is 426 Å². The second-order valence-corrected chi connectivity index (χ2v) is 19.8. The van der Waals surface area contributed by atoms with E-state index in [2.05, 4.69) is 143 Å². The van der Waals surface area contributed by atoms with E-state index in [4.69, 9.17) is 4.74 Å². The van der Waals surface area contributed by atoms with Gasteiger partial charge in [0.25, 0.3) is 0 Å². The van der Waals surface area contributed by atoms with Crippen LogP contribution in [0, 0.1) is 21.0 Å². The monoisotopic (exact) mass is 987 g/mol. The average Bonchev–Trinajstić information content (AvgIpc) is 3.97. The number of phenolic OH excluding ortho intramolecular Hbond substituents is 1. The Hall–Kier alpha value is -5.66. The third kappa shape index (κ3) is 13.3. The van der Waals surface area contributed by atoms with E-state index in [0.717, 1.165) is 81.4 Å². The number of hydrogen-bond acceptors (Lipinski definition) is 6. The molecule has 68 heavy (non-hydrogen) atoms. The number of rotatable bonds is 11. The van der Waals surface area contributed by atoms with Crippen LogP contribution in [0.1, 0.15) is 142 Å². The zero-order valence-electron chi connectivity index (χ0n) is 42.7. The first-order valence-electron chi connectivity index (χ1n) is 23.6. The molecule has 8 aromatic rings. The van der Waals surface area contributed by atoms with E-state index in [1.807, 2.05) is 115 Å². The molecule has 2 aromatic heterocycles. The summed E-state index contributed by atoms with van der Waals surface area (Å²) in [4.78, 5) is 3.26. The molecule has 0 amide bonds. The van der Waals surface area contributed by atoms with Crippen LogP contribution in [0.3, 0.4) is 0 Å². The smallest absolute Gasteiger partial charge is 0.664 e. The Balaban J connectivity index is 0.000000228. The minimum atomic E-state index is -0.134. The van der Waals surface area contributed by atoms with E-state index in [-0.39, 0.29) is 53.6 Å². The van der Waals surface area contributed by atoms with Crippen molar-refractivity contribution >= 4 is 22.1 Å². The second kappa shape index (κ2) is 23.6. The number of phenols is 1. The van der Waals surface area contributed by atoms with Crippen molar-refractivity contribution in [2.24, 2.45) is 0 Å². The van der Waals surface area contributed by atoms with Gasteiger partial charge in [-0.1, -0.05) is 132 Å². The van der Waals surface area contributed by atoms with Crippen LogP contribution in [0.5, 0.6) is 11.5 Å². The summed E-state index contributed by atoms with van der Waals surface area (Å²) >= 11 is 0. The number of aromatic hydroxyl groups is 1. The summed E-state index contributed by atoms with van der Waals surface area (Å²) in [6.07, 6.45) is 3.98. The van der Waals surface area contributed by atoms with E-state index in [1.54, 1.807) is 9.59 Å². The van der Waals surface area contributed by atoms with E-state index in [1.165, 1.54) is 11.1 Å². The van der Waals surface area contributed by atoms with Gasteiger partial charge in [-0.05, 0) is 100 Å². The molecule has 0 aliphatic rings. The van der Waals surface area contributed by atoms with Gasteiger partial charge < -0.3 is 9.84 Å². The summed E-state index contributed by atoms with van der Waals surface area (Å²) in [5.41, 5.74) is 11.4. The molecule has 0 aliphatic heterocycles. The normalized spacial score (nSPS) is 11.6. The van der Waals surface area contributed by atoms with Crippen molar-refractivity contribution in [3.8, 4) is 22.9 Å². The van der Waals surface area contributed by atoms with Crippen LogP contribution in [-0.2, 0) is 47.9 Å². The quantitative estimate of drug-likeness (QED) is 0.130. The molecule has 355 valence electrons. The number of nitrogens with zero attached hydrogens (tertiary/aromatic N) is 6. The summed E-state index contributed by atoms with van der Waals surface area (Å²) in [5, 5.41) is 29.6. The molecule has 1 radical (unpaired) electrons. The third-order valence-electron chi connectivity index (χ3n) is 13.6. The van der Waals surface area contributed by atoms with Crippen molar-refractivity contribution in [1.29, 1.82) is 0 Å². The van der Waals surface area contributed by atoms with Gasteiger partial charge in [-0.15, -0.1) is 54.3 Å². The van der Waals surface area contributed by atoms with E-state index in [0.29, 0.717) is 5.69 Å². The van der Waals surface area contributed by atoms with Crippen molar-refractivity contribution in [3.63, 3.8) is 0 Å². The third-order valence-corrected chi connectivity index (χ3v) is 13.6. The minimum absolute atomic E-state index is 0. The number of fused-ring (bicyclic) bond motifs is 2. The average molecular weight is 989 g/mol. The predicted molar refractivity (Wildman–Crippen MR) is 280 cm³/mol. The molecule has 0 atom stereocenters. The Morgan fingerprint density at radius 3 is 1.09 bits per heavy atom. The van der Waals surface area contributed by atoms with Crippen LogP contribution < -0.4 is 4.74 Å². The maximum atomic E-state index is 11.1. The second-order valence-electron chi connectivity index (χ2n) is 19.8. The molecular formula is C59H73N6O2Zr. The Morgan fingerprint density at radius 2 is 0.765 bits per heavy atom. The SMILES string of the molecule is CCC(C)(C)c1cc(-n2nc3ccccc3n2)c(O)c(C(C)(C)CC)c1.[CH2-]Oc1c(-n2nc3ccccc3n2)cc(C(C)(C)CC)cc1C(C)(C)CC.[CH2-]c1ccccc1.[CH2-]c1ccccc1.[Zr+3]. The number of benzene rings is 6. The molecule has 1 N–H and O–H groups in total. The van der Waals surface area contributed by atoms with Gasteiger partial charge in [-0.3, -0.25) is 0 Å². The predicted octanol–water partition coefficient (Wildman–Crippen LogP) is 15.2. The maximum absolute atomic E-state index is 11.1. The Morgan fingerprint density at radius 1 is 0.456 bits per heavy atom. The van der Waals surface area contributed by atoms with Crippen molar-refractivity contribution in [3.05, 3.63) is 188 Å². The topological polar surface area (TPSA) is 90.9 Å². The van der Waals surface area contributed by atoms with Crippen molar-refractivity contribution in [2.45, 2.75) is 130 Å². The molecule has 8 nitrogen and oxygen atoms in total. The molecule has 0 saturated carbocycles. The van der Waals surface area contributed by atoms with Crippen LogP contribution in [0.4, 0.5) is 0 Å². The van der Waals surface area contributed by atoms with Crippen molar-refractivity contribution in [1.82, 2.24) is 30.0 Å². The van der Waals surface area contributed by atoms with Crippen LogP contribution in [0.25, 0.3) is 33.4 Å². The van der Waals surface area contributed by atoms with Gasteiger partial charge in [0.1, 0.15) is 44.9 Å². The Kier molecular flexibility index (Phi) is 19.0. The van der Waals surface area contributed by atoms with E-state index < -0.39 is 0 Å². The summed E-state index contributed by atoms with van der Waals surface area (Å²) in [6.45, 7) is 34.0. The van der Waals surface area contributed by atoms with Crippen LogP contribution >= 0.6 is 0 Å². The zero-order valence-corrected chi connectivity index (χ0v) is 45.1. The molecule has 0 bridgehead atoms. The maximum Gasteiger partial charge on any atom is 3.00 e. The molecular weight excluding hydrogens is 916 g/mol. The summed E-state index contributed by atoms with van der Waals surface area (Å²) in [6, 6.07) is 44.0. The van der Waals surface area contributed by atoms with Crippen LogP contribution in [0.15, 0.2) is 133 Å². The molecule has 2 heterocycles. The number of aromatic nitrogens is 6. The fourth-order valence-electron chi connectivity index (χ4n) is 7.17. The zero-order chi connectivity index (χ0) is 49.2. The molecule has 0 spiro atoms. The first kappa shape index (κ1) is 54.9. The standard InChI is InChI=1S/C23H30N3O.C22H29N3O.2C7H7.Zr/c1-8-22(3,4)16-14-17(23(5,6)9-2)21(27-7)20(15-16)26-24-18-12-10-11-13-19(18)25-26;1-7-21(3,4)15-13-16(22(5,6)8-2)20(26)19(14-15)25-23-17-11-9-10-12-18(17)24-25;2*1-7-5-3-2-4-6-7;/h10-15H,7-9H2,1-6H3;9-14,26H,7-8H2,1-6H3;2*2-6H,1H2;/q-1;;2*-1;+3. The molecule has 8 rings (SSSR count). The first-order chi connectivity index (χ1) is 31.7. The van der Waals surface area contributed by atoms with Gasteiger partial charge in [0.05, 0.1) is 0 Å². The molecule has 6 aromatic carbocycles.